The predicted molar refractivity (Wildman–Crippen MR) is 95.2 cm³/mol. The monoisotopic (exact) mass is 356 g/mol. The second kappa shape index (κ2) is 8.36. The SMILES string of the molecule is CCOC(=O)C1CCCN(C(=S)Nc2cc(Cl)ccc2OC)C1. The number of thiocarbonyl (C=S) groups is 1. The maximum atomic E-state index is 11.9. The summed E-state index contributed by atoms with van der Waals surface area (Å²) < 4.78 is 10.4. The van der Waals surface area contributed by atoms with E-state index >= 15 is 0 Å². The molecule has 0 amide bonds. The molecule has 7 heteroatoms. The van der Waals surface area contributed by atoms with E-state index in [1.165, 1.54) is 0 Å². The number of hydrogen-bond donors (Lipinski definition) is 1. The van der Waals surface area contributed by atoms with Crippen LogP contribution in [0, 0.1) is 5.92 Å². The molecule has 5 nitrogen and oxygen atoms in total. The van der Waals surface area contributed by atoms with Crippen LogP contribution < -0.4 is 10.1 Å². The predicted octanol–water partition coefficient (Wildman–Crippen LogP) is 3.32. The largest absolute Gasteiger partial charge is 0.495 e. The molecule has 23 heavy (non-hydrogen) atoms. The van der Waals surface area contributed by atoms with Crippen LogP contribution in [-0.4, -0.2) is 42.8 Å². The molecule has 1 N–H and O–H groups in total. The van der Waals surface area contributed by atoms with Gasteiger partial charge in [-0.2, -0.15) is 0 Å². The van der Waals surface area contributed by atoms with E-state index in [0.29, 0.717) is 34.7 Å². The van der Waals surface area contributed by atoms with Gasteiger partial charge in [0.25, 0.3) is 0 Å². The Kier molecular flexibility index (Phi) is 6.47. The number of benzene rings is 1. The lowest BCUT2D eigenvalue weighted by Crippen LogP contribution is -2.44. The number of rotatable bonds is 4. The molecule has 1 heterocycles. The topological polar surface area (TPSA) is 50.8 Å². The number of carbonyl (C=O) groups is 1. The van der Waals surface area contributed by atoms with Crippen LogP contribution in [0.1, 0.15) is 19.8 Å². The molecule has 1 fully saturated rings. The van der Waals surface area contributed by atoms with Gasteiger partial charge in [-0.25, -0.2) is 0 Å². The summed E-state index contributed by atoms with van der Waals surface area (Å²) in [5, 5.41) is 4.31. The number of ether oxygens (including phenoxy) is 2. The number of esters is 1. The Bertz CT molecular complexity index is 582. The fourth-order valence-electron chi connectivity index (χ4n) is 2.59. The van der Waals surface area contributed by atoms with Gasteiger partial charge in [0.15, 0.2) is 5.11 Å². The first-order valence-electron chi connectivity index (χ1n) is 7.61. The Hall–Kier alpha value is -1.53. The minimum absolute atomic E-state index is 0.135. The van der Waals surface area contributed by atoms with Crippen molar-refractivity contribution < 1.29 is 14.3 Å². The van der Waals surface area contributed by atoms with Crippen LogP contribution in [0.15, 0.2) is 18.2 Å². The van der Waals surface area contributed by atoms with Crippen LogP contribution >= 0.6 is 23.8 Å². The molecule has 0 aromatic heterocycles. The maximum Gasteiger partial charge on any atom is 0.310 e. The molecule has 0 saturated carbocycles. The van der Waals surface area contributed by atoms with Crippen molar-refractivity contribution in [2.24, 2.45) is 5.92 Å². The molecule has 1 aliphatic heterocycles. The molecule has 0 spiro atoms. The van der Waals surface area contributed by atoms with Crippen LogP contribution in [0.2, 0.25) is 5.02 Å². The number of halogens is 1. The number of methoxy groups -OCH3 is 1. The number of anilines is 1. The lowest BCUT2D eigenvalue weighted by Gasteiger charge is -2.33. The number of nitrogens with zero attached hydrogens (tertiary/aromatic N) is 1. The molecule has 0 radical (unpaired) electrons. The highest BCUT2D eigenvalue weighted by Crippen LogP contribution is 2.28. The molecule has 126 valence electrons. The Morgan fingerprint density at radius 1 is 1.52 bits per heavy atom. The van der Waals surface area contributed by atoms with Crippen molar-refractivity contribution >= 4 is 40.6 Å². The third kappa shape index (κ3) is 4.72. The smallest absolute Gasteiger partial charge is 0.310 e. The lowest BCUT2D eigenvalue weighted by atomic mass is 9.98. The van der Waals surface area contributed by atoms with Crippen LogP contribution in [0.5, 0.6) is 5.75 Å². The van der Waals surface area contributed by atoms with Gasteiger partial charge in [-0.15, -0.1) is 0 Å². The molecule has 1 aromatic rings. The molecule has 0 aliphatic carbocycles. The Morgan fingerprint density at radius 3 is 3.00 bits per heavy atom. The number of piperidine rings is 1. The highest BCUT2D eigenvalue weighted by atomic mass is 35.5. The van der Waals surface area contributed by atoms with Crippen LogP contribution in [0.4, 0.5) is 5.69 Å². The van der Waals surface area contributed by atoms with Gasteiger partial charge < -0.3 is 19.7 Å². The van der Waals surface area contributed by atoms with E-state index in [-0.39, 0.29) is 11.9 Å². The van der Waals surface area contributed by atoms with Gasteiger partial charge in [-0.05, 0) is 50.2 Å². The highest BCUT2D eigenvalue weighted by molar-refractivity contribution is 7.80. The van der Waals surface area contributed by atoms with E-state index in [1.807, 2.05) is 11.8 Å². The van der Waals surface area contributed by atoms with E-state index in [1.54, 1.807) is 25.3 Å². The van der Waals surface area contributed by atoms with Gasteiger partial charge in [0.05, 0.1) is 25.3 Å². The van der Waals surface area contributed by atoms with E-state index in [2.05, 4.69) is 5.32 Å². The van der Waals surface area contributed by atoms with Crippen molar-refractivity contribution in [2.75, 3.05) is 32.1 Å². The van der Waals surface area contributed by atoms with Gasteiger partial charge in [0.2, 0.25) is 0 Å². The minimum atomic E-state index is -0.152. The van der Waals surface area contributed by atoms with E-state index in [4.69, 9.17) is 33.3 Å². The molecular formula is C16H21ClN2O3S. The molecule has 1 unspecified atom stereocenters. The second-order valence-corrected chi connectivity index (χ2v) is 6.14. The van der Waals surface area contributed by atoms with E-state index in [0.717, 1.165) is 19.4 Å². The lowest BCUT2D eigenvalue weighted by molar-refractivity contribution is -0.149. The quantitative estimate of drug-likeness (QED) is 0.659. The molecule has 0 bridgehead atoms. The maximum absolute atomic E-state index is 11.9. The first kappa shape index (κ1) is 17.8. The fraction of sp³-hybridized carbons (Fsp3) is 0.500. The molecule has 1 atom stereocenters. The number of carbonyl (C=O) groups excluding carboxylic acids is 1. The molecule has 1 saturated heterocycles. The van der Waals surface area contributed by atoms with Crippen molar-refractivity contribution in [3.8, 4) is 5.75 Å². The summed E-state index contributed by atoms with van der Waals surface area (Å²) in [6.07, 6.45) is 1.73. The number of likely N-dealkylation sites (tertiary alicyclic amines) is 1. The summed E-state index contributed by atoms with van der Waals surface area (Å²) in [5.74, 6) is 0.376. The summed E-state index contributed by atoms with van der Waals surface area (Å²) in [5.41, 5.74) is 0.711. The molecule has 1 aromatic carbocycles. The van der Waals surface area contributed by atoms with Crippen LogP contribution in [0.25, 0.3) is 0 Å². The van der Waals surface area contributed by atoms with Gasteiger partial charge in [0, 0.05) is 18.1 Å². The van der Waals surface area contributed by atoms with Gasteiger partial charge >= 0.3 is 5.97 Å². The average Bonchev–Trinajstić information content (AvgIpc) is 2.55. The van der Waals surface area contributed by atoms with Crippen LogP contribution in [-0.2, 0) is 9.53 Å². The first-order valence-corrected chi connectivity index (χ1v) is 8.39. The summed E-state index contributed by atoms with van der Waals surface area (Å²) in [6.45, 7) is 3.59. The van der Waals surface area contributed by atoms with Gasteiger partial charge in [-0.1, -0.05) is 11.6 Å². The zero-order chi connectivity index (χ0) is 16.8. The Balaban J connectivity index is 2.03. The van der Waals surface area contributed by atoms with E-state index in [9.17, 15) is 4.79 Å². The van der Waals surface area contributed by atoms with Crippen molar-refractivity contribution in [2.45, 2.75) is 19.8 Å². The average molecular weight is 357 g/mol. The van der Waals surface area contributed by atoms with Crippen molar-refractivity contribution in [3.05, 3.63) is 23.2 Å². The summed E-state index contributed by atoms with van der Waals surface area (Å²) in [4.78, 5) is 13.9. The summed E-state index contributed by atoms with van der Waals surface area (Å²) in [7, 11) is 1.59. The third-order valence-corrected chi connectivity index (χ3v) is 4.33. The van der Waals surface area contributed by atoms with Gasteiger partial charge in [-0.3, -0.25) is 4.79 Å². The Labute approximate surface area is 146 Å². The first-order chi connectivity index (χ1) is 11.0. The highest BCUT2D eigenvalue weighted by Gasteiger charge is 2.28. The van der Waals surface area contributed by atoms with Crippen molar-refractivity contribution in [1.29, 1.82) is 0 Å². The normalized spacial score (nSPS) is 17.5. The van der Waals surface area contributed by atoms with Crippen LogP contribution in [0.3, 0.4) is 0 Å². The van der Waals surface area contributed by atoms with Crippen molar-refractivity contribution in [3.63, 3.8) is 0 Å². The van der Waals surface area contributed by atoms with Gasteiger partial charge in [0.1, 0.15) is 5.75 Å². The standard InChI is InChI=1S/C16H21ClN2O3S/c1-3-22-15(20)11-5-4-8-19(10-11)16(23)18-13-9-12(17)6-7-14(13)21-2/h6-7,9,11H,3-5,8,10H2,1-2H3,(H,18,23). The summed E-state index contributed by atoms with van der Waals surface area (Å²) in [6, 6.07) is 5.30. The molecular weight excluding hydrogens is 336 g/mol. The molecule has 2 rings (SSSR count). The Morgan fingerprint density at radius 2 is 2.30 bits per heavy atom. The molecule has 1 aliphatic rings. The zero-order valence-corrected chi connectivity index (χ0v) is 14.9. The second-order valence-electron chi connectivity index (χ2n) is 5.31. The number of nitrogens with one attached hydrogen (secondary N) is 1. The zero-order valence-electron chi connectivity index (χ0n) is 13.3. The number of hydrogen-bond acceptors (Lipinski definition) is 4. The van der Waals surface area contributed by atoms with Crippen molar-refractivity contribution in [1.82, 2.24) is 4.90 Å². The van der Waals surface area contributed by atoms with E-state index < -0.39 is 0 Å². The minimum Gasteiger partial charge on any atom is -0.495 e. The summed E-state index contributed by atoms with van der Waals surface area (Å²) >= 11 is 11.5. The third-order valence-electron chi connectivity index (χ3n) is 3.73. The fourth-order valence-corrected chi connectivity index (χ4v) is 3.03.